The number of para-hydroxylation sites is 1. The summed E-state index contributed by atoms with van der Waals surface area (Å²) >= 11 is 0. The van der Waals surface area contributed by atoms with Crippen molar-refractivity contribution in [2.24, 2.45) is 0 Å². The number of hydrogen-bond acceptors (Lipinski definition) is 5. The number of carbonyl (C=O) groups excluding carboxylic acids is 1. The van der Waals surface area contributed by atoms with Crippen LogP contribution in [0.3, 0.4) is 0 Å². The predicted molar refractivity (Wildman–Crippen MR) is 139 cm³/mol. The molecule has 3 heterocycles. The molecular weight excluding hydrogens is 440 g/mol. The molecule has 2 aromatic carbocycles. The molecule has 0 saturated carbocycles. The minimum absolute atomic E-state index is 0.0591. The minimum Gasteiger partial charge on any atom is -0.496 e. The van der Waals surface area contributed by atoms with Crippen molar-refractivity contribution < 1.29 is 9.53 Å². The maximum absolute atomic E-state index is 13.4. The van der Waals surface area contributed by atoms with Crippen LogP contribution in [0.15, 0.2) is 61.2 Å². The van der Waals surface area contributed by atoms with E-state index >= 15 is 0 Å². The molecule has 0 fully saturated rings. The number of likely N-dealkylation sites (N-methyl/N-ethyl adjacent to an activating group) is 2. The molecule has 0 radical (unpaired) electrons. The second-order valence-corrected chi connectivity index (χ2v) is 8.88. The molecule has 178 valence electrons. The lowest BCUT2D eigenvalue weighted by molar-refractivity contribution is 0.0788. The molecule has 5 rings (SSSR count). The quantitative estimate of drug-likeness (QED) is 0.369. The van der Waals surface area contributed by atoms with Gasteiger partial charge in [-0.05, 0) is 43.9 Å². The van der Waals surface area contributed by atoms with Crippen LogP contribution >= 0.6 is 0 Å². The number of amides is 1. The summed E-state index contributed by atoms with van der Waals surface area (Å²) in [5.74, 6) is 0.738. The van der Waals surface area contributed by atoms with Crippen LogP contribution < -0.4 is 4.74 Å². The van der Waals surface area contributed by atoms with E-state index in [0.717, 1.165) is 51.1 Å². The third-order valence-corrected chi connectivity index (χ3v) is 6.24. The van der Waals surface area contributed by atoms with Gasteiger partial charge in [-0.3, -0.25) is 4.79 Å². The first-order valence-electron chi connectivity index (χ1n) is 11.4. The molecule has 0 spiro atoms. The van der Waals surface area contributed by atoms with Gasteiger partial charge in [-0.1, -0.05) is 18.2 Å². The molecule has 0 atom stereocenters. The van der Waals surface area contributed by atoms with E-state index in [0.29, 0.717) is 17.6 Å². The number of aromatic amines is 2. The summed E-state index contributed by atoms with van der Waals surface area (Å²) in [5, 5.41) is 0.979. The van der Waals surface area contributed by atoms with Gasteiger partial charge in [-0.2, -0.15) is 0 Å². The third kappa shape index (κ3) is 4.24. The van der Waals surface area contributed by atoms with Gasteiger partial charge in [-0.15, -0.1) is 0 Å². The Labute approximate surface area is 203 Å². The maximum Gasteiger partial charge on any atom is 0.255 e. The number of aromatic nitrogens is 4. The number of hydrogen-bond donors (Lipinski definition) is 2. The number of carbonyl (C=O) groups is 1. The van der Waals surface area contributed by atoms with E-state index in [1.165, 1.54) is 0 Å². The Morgan fingerprint density at radius 3 is 2.60 bits per heavy atom. The first-order chi connectivity index (χ1) is 17.0. The van der Waals surface area contributed by atoms with Gasteiger partial charge in [0.05, 0.1) is 24.5 Å². The first kappa shape index (κ1) is 22.6. The molecule has 0 aliphatic heterocycles. The van der Waals surface area contributed by atoms with Crippen LogP contribution in [0.25, 0.3) is 44.3 Å². The van der Waals surface area contributed by atoms with E-state index in [1.54, 1.807) is 18.3 Å². The van der Waals surface area contributed by atoms with Gasteiger partial charge < -0.3 is 24.5 Å². The summed E-state index contributed by atoms with van der Waals surface area (Å²) in [6.45, 7) is 1.41. The van der Waals surface area contributed by atoms with Crippen molar-refractivity contribution in [3.05, 3.63) is 66.7 Å². The van der Waals surface area contributed by atoms with E-state index in [-0.39, 0.29) is 5.91 Å². The van der Waals surface area contributed by atoms with Crippen LogP contribution in [0.2, 0.25) is 0 Å². The number of ether oxygens (including phenoxy) is 1. The molecule has 0 unspecified atom stereocenters. The molecule has 0 saturated heterocycles. The third-order valence-electron chi connectivity index (χ3n) is 6.24. The highest BCUT2D eigenvalue weighted by atomic mass is 16.5. The number of rotatable bonds is 7. The zero-order valence-corrected chi connectivity index (χ0v) is 20.3. The number of methoxy groups -OCH3 is 1. The van der Waals surface area contributed by atoms with E-state index in [2.05, 4.69) is 30.9 Å². The summed E-state index contributed by atoms with van der Waals surface area (Å²) in [6, 6.07) is 13.9. The number of H-pyrrole nitrogens is 2. The number of pyridine rings is 1. The zero-order chi connectivity index (χ0) is 24.5. The second-order valence-electron chi connectivity index (χ2n) is 8.88. The Hall–Kier alpha value is -4.17. The number of benzene rings is 2. The van der Waals surface area contributed by atoms with Gasteiger partial charge >= 0.3 is 0 Å². The van der Waals surface area contributed by atoms with Crippen LogP contribution in [0.5, 0.6) is 5.75 Å². The van der Waals surface area contributed by atoms with Crippen molar-refractivity contribution in [1.82, 2.24) is 29.7 Å². The van der Waals surface area contributed by atoms with Crippen LogP contribution in [-0.4, -0.2) is 77.0 Å². The van der Waals surface area contributed by atoms with Crippen molar-refractivity contribution >= 4 is 28.0 Å². The molecule has 35 heavy (non-hydrogen) atoms. The minimum atomic E-state index is -0.0591. The van der Waals surface area contributed by atoms with E-state index in [1.807, 2.05) is 69.9 Å². The molecule has 3 aromatic heterocycles. The van der Waals surface area contributed by atoms with Crippen LogP contribution in [0.1, 0.15) is 10.4 Å². The van der Waals surface area contributed by atoms with Gasteiger partial charge in [0, 0.05) is 54.6 Å². The van der Waals surface area contributed by atoms with E-state index in [9.17, 15) is 4.79 Å². The van der Waals surface area contributed by atoms with Crippen LogP contribution in [0, 0.1) is 0 Å². The molecule has 2 N–H and O–H groups in total. The van der Waals surface area contributed by atoms with Crippen molar-refractivity contribution in [2.45, 2.75) is 0 Å². The molecule has 5 aromatic rings. The summed E-state index contributed by atoms with van der Waals surface area (Å²) in [6.07, 6.45) is 5.40. The topological polar surface area (TPSA) is 90.1 Å². The largest absolute Gasteiger partial charge is 0.496 e. The average molecular weight is 469 g/mol. The number of imidazole rings is 1. The Balaban J connectivity index is 1.60. The monoisotopic (exact) mass is 468 g/mol. The fourth-order valence-corrected chi connectivity index (χ4v) is 4.29. The highest BCUT2D eigenvalue weighted by Crippen LogP contribution is 2.36. The second kappa shape index (κ2) is 9.23. The van der Waals surface area contributed by atoms with E-state index < -0.39 is 0 Å². The average Bonchev–Trinajstić information content (AvgIpc) is 3.52. The number of fused-ring (bicyclic) bond motifs is 2. The summed E-state index contributed by atoms with van der Waals surface area (Å²) in [4.78, 5) is 32.7. The smallest absolute Gasteiger partial charge is 0.255 e. The molecule has 8 nitrogen and oxygen atoms in total. The molecule has 8 heteroatoms. The van der Waals surface area contributed by atoms with Gasteiger partial charge in [0.1, 0.15) is 16.9 Å². The van der Waals surface area contributed by atoms with Crippen molar-refractivity contribution in [2.75, 3.05) is 41.3 Å². The van der Waals surface area contributed by atoms with Crippen molar-refractivity contribution in [3.8, 4) is 28.0 Å². The lowest BCUT2D eigenvalue weighted by Gasteiger charge is -2.20. The molecule has 0 aliphatic rings. The lowest BCUT2D eigenvalue weighted by Crippen LogP contribution is -2.33. The fourth-order valence-electron chi connectivity index (χ4n) is 4.29. The Kier molecular flexibility index (Phi) is 5.96. The molecule has 0 bridgehead atoms. The van der Waals surface area contributed by atoms with Crippen molar-refractivity contribution in [3.63, 3.8) is 0 Å². The van der Waals surface area contributed by atoms with Crippen LogP contribution in [-0.2, 0) is 0 Å². The normalized spacial score (nSPS) is 11.5. The maximum atomic E-state index is 13.4. The van der Waals surface area contributed by atoms with Gasteiger partial charge in [0.25, 0.3) is 5.91 Å². The van der Waals surface area contributed by atoms with Crippen molar-refractivity contribution in [1.29, 1.82) is 0 Å². The van der Waals surface area contributed by atoms with Gasteiger partial charge in [0.2, 0.25) is 0 Å². The molecule has 1 amide bonds. The van der Waals surface area contributed by atoms with Crippen LogP contribution in [0.4, 0.5) is 0 Å². The first-order valence-corrected chi connectivity index (χ1v) is 11.4. The fraction of sp³-hybridized carbons (Fsp3) is 0.222. The summed E-state index contributed by atoms with van der Waals surface area (Å²) < 4.78 is 5.58. The number of nitrogens with zero attached hydrogens (tertiary/aromatic N) is 4. The summed E-state index contributed by atoms with van der Waals surface area (Å²) in [5.41, 5.74) is 6.64. The van der Waals surface area contributed by atoms with Gasteiger partial charge in [0.15, 0.2) is 0 Å². The Morgan fingerprint density at radius 2 is 1.80 bits per heavy atom. The highest BCUT2D eigenvalue weighted by Gasteiger charge is 2.19. The number of nitrogens with one attached hydrogen (secondary N) is 2. The standard InChI is InChI=1S/C27H28N6O2/c1-32(2)9-10-33(3)27(34)21-11-17(13-23-25(21)31-16-30-23)18-12-20-22(15-29-26(20)28-14-18)19-7-5-6-8-24(19)35-4/h5-8,11-16H,9-10H2,1-4H3,(H,28,29)(H,30,31). The Bertz CT molecular complexity index is 1520. The molecule has 0 aliphatic carbocycles. The van der Waals surface area contributed by atoms with Gasteiger partial charge in [-0.25, -0.2) is 9.97 Å². The Morgan fingerprint density at radius 1 is 0.971 bits per heavy atom. The SMILES string of the molecule is COc1ccccc1-c1c[nH]c2ncc(-c3cc(C(=O)N(C)CCN(C)C)c4nc[nH]c4c3)cc12. The zero-order valence-electron chi connectivity index (χ0n) is 20.3. The predicted octanol–water partition coefficient (Wildman–Crippen LogP) is 4.42. The molecular formula is C27H28N6O2. The lowest BCUT2D eigenvalue weighted by atomic mass is 9.99. The highest BCUT2D eigenvalue weighted by molar-refractivity contribution is 6.07. The summed E-state index contributed by atoms with van der Waals surface area (Å²) in [7, 11) is 7.48. The van der Waals surface area contributed by atoms with E-state index in [4.69, 9.17) is 4.74 Å².